The fourth-order valence-electron chi connectivity index (χ4n) is 4.04. The zero-order valence-corrected chi connectivity index (χ0v) is 14.5. The number of hydrogen-bond acceptors (Lipinski definition) is 3. The quantitative estimate of drug-likeness (QED) is 0.850. The summed E-state index contributed by atoms with van der Waals surface area (Å²) in [4.78, 5) is 7.70. The first-order chi connectivity index (χ1) is 10.6. The maximum absolute atomic E-state index is 2.75. The van der Waals surface area contributed by atoms with E-state index in [9.17, 15) is 0 Å². The van der Waals surface area contributed by atoms with E-state index in [0.717, 1.165) is 12.1 Å². The van der Waals surface area contributed by atoms with Gasteiger partial charge in [-0.2, -0.15) is 0 Å². The second-order valence-electron chi connectivity index (χ2n) is 7.28. The van der Waals surface area contributed by atoms with Crippen LogP contribution in [0, 0.1) is 6.92 Å². The molecule has 1 aliphatic heterocycles. The van der Waals surface area contributed by atoms with Gasteiger partial charge in [-0.3, -0.25) is 4.90 Å². The number of benzene rings is 1. The van der Waals surface area contributed by atoms with Crippen molar-refractivity contribution in [2.45, 2.75) is 44.7 Å². The normalized spacial score (nSPS) is 27.4. The minimum atomic E-state index is 0.810. The van der Waals surface area contributed by atoms with E-state index in [1.165, 1.54) is 63.1 Å². The lowest BCUT2D eigenvalue weighted by Gasteiger charge is -2.43. The summed E-state index contributed by atoms with van der Waals surface area (Å²) in [7, 11) is 4.46. The Hall–Kier alpha value is -1.06. The first kappa shape index (κ1) is 15.8. The van der Waals surface area contributed by atoms with E-state index >= 15 is 0 Å². The molecule has 0 aromatic heterocycles. The summed E-state index contributed by atoms with van der Waals surface area (Å²) >= 11 is 0. The lowest BCUT2D eigenvalue weighted by atomic mass is 9.89. The summed E-state index contributed by atoms with van der Waals surface area (Å²) in [6, 6.07) is 10.6. The molecule has 0 spiro atoms. The highest BCUT2D eigenvalue weighted by Gasteiger charge is 2.28. The molecule has 0 amide bonds. The Morgan fingerprint density at radius 2 is 1.45 bits per heavy atom. The molecule has 1 heterocycles. The Morgan fingerprint density at radius 1 is 0.864 bits per heavy atom. The third kappa shape index (κ3) is 3.64. The van der Waals surface area contributed by atoms with Crippen molar-refractivity contribution in [1.82, 2.24) is 9.80 Å². The zero-order chi connectivity index (χ0) is 15.5. The Kier molecular flexibility index (Phi) is 5.04. The Labute approximate surface area is 135 Å². The van der Waals surface area contributed by atoms with Crippen molar-refractivity contribution in [1.29, 1.82) is 0 Å². The predicted molar refractivity (Wildman–Crippen MR) is 94.7 cm³/mol. The molecule has 122 valence electrons. The molecule has 1 saturated carbocycles. The molecule has 0 atom stereocenters. The molecular formula is C19H31N3. The van der Waals surface area contributed by atoms with Crippen molar-refractivity contribution >= 4 is 5.69 Å². The molecule has 0 unspecified atom stereocenters. The van der Waals surface area contributed by atoms with Crippen molar-refractivity contribution in [2.75, 3.05) is 45.2 Å². The maximum Gasteiger partial charge on any atom is 0.0367 e. The first-order valence-electron chi connectivity index (χ1n) is 8.85. The molecule has 3 nitrogen and oxygen atoms in total. The second-order valence-corrected chi connectivity index (χ2v) is 7.28. The highest BCUT2D eigenvalue weighted by atomic mass is 15.3. The topological polar surface area (TPSA) is 9.72 Å². The molecule has 1 saturated heterocycles. The fourth-order valence-corrected chi connectivity index (χ4v) is 4.04. The molecule has 0 bridgehead atoms. The van der Waals surface area contributed by atoms with Gasteiger partial charge in [0.15, 0.2) is 0 Å². The molecule has 0 radical (unpaired) electrons. The molecular weight excluding hydrogens is 270 g/mol. The van der Waals surface area contributed by atoms with Crippen LogP contribution >= 0.6 is 0 Å². The lowest BCUT2D eigenvalue weighted by Crippen LogP contribution is -2.52. The molecule has 1 aromatic rings. The van der Waals surface area contributed by atoms with E-state index in [1.54, 1.807) is 0 Å². The smallest absolute Gasteiger partial charge is 0.0367 e. The van der Waals surface area contributed by atoms with Gasteiger partial charge in [-0.15, -0.1) is 0 Å². The molecule has 1 aliphatic carbocycles. The van der Waals surface area contributed by atoms with Crippen LogP contribution in [0.3, 0.4) is 0 Å². The highest BCUT2D eigenvalue weighted by molar-refractivity contribution is 5.47. The number of aryl methyl sites for hydroxylation is 1. The number of nitrogens with zero attached hydrogens (tertiary/aromatic N) is 3. The number of hydrogen-bond donors (Lipinski definition) is 0. The molecule has 2 aliphatic rings. The maximum atomic E-state index is 2.75. The van der Waals surface area contributed by atoms with Gasteiger partial charge in [-0.05, 0) is 58.8 Å². The Morgan fingerprint density at radius 3 is 2.00 bits per heavy atom. The first-order valence-corrected chi connectivity index (χ1v) is 8.85. The monoisotopic (exact) mass is 301 g/mol. The Bertz CT molecular complexity index is 452. The molecule has 2 fully saturated rings. The van der Waals surface area contributed by atoms with Gasteiger partial charge in [0.25, 0.3) is 0 Å². The van der Waals surface area contributed by atoms with Gasteiger partial charge < -0.3 is 9.80 Å². The van der Waals surface area contributed by atoms with Crippen molar-refractivity contribution < 1.29 is 0 Å². The van der Waals surface area contributed by atoms with E-state index in [-0.39, 0.29) is 0 Å². The van der Waals surface area contributed by atoms with Gasteiger partial charge in [0.2, 0.25) is 0 Å². The number of rotatable bonds is 3. The van der Waals surface area contributed by atoms with Crippen molar-refractivity contribution in [3.8, 4) is 0 Å². The molecule has 3 rings (SSSR count). The SMILES string of the molecule is Cc1ccc(N2CCN(C3CCC(N(C)C)CC3)CC2)cc1. The average Bonchev–Trinajstić information content (AvgIpc) is 2.56. The molecule has 3 heteroatoms. The van der Waals surface area contributed by atoms with E-state index in [0.29, 0.717) is 0 Å². The standard InChI is InChI=1S/C19H31N3/c1-16-4-6-18(7-5-16)21-12-14-22(15-13-21)19-10-8-17(9-11-19)20(2)3/h4-7,17,19H,8-15H2,1-3H3. The largest absolute Gasteiger partial charge is 0.369 e. The van der Waals surface area contributed by atoms with Gasteiger partial charge in [-0.25, -0.2) is 0 Å². The highest BCUT2D eigenvalue weighted by Crippen LogP contribution is 2.27. The minimum absolute atomic E-state index is 0.810. The number of anilines is 1. The zero-order valence-electron chi connectivity index (χ0n) is 14.5. The van der Waals surface area contributed by atoms with Crippen LogP contribution in [0.15, 0.2) is 24.3 Å². The number of piperazine rings is 1. The van der Waals surface area contributed by atoms with Crippen LogP contribution in [0.25, 0.3) is 0 Å². The molecule has 1 aromatic carbocycles. The van der Waals surface area contributed by atoms with Crippen molar-refractivity contribution in [3.05, 3.63) is 29.8 Å². The third-order valence-corrected chi connectivity index (χ3v) is 5.63. The van der Waals surface area contributed by atoms with Crippen LogP contribution in [-0.4, -0.2) is 62.2 Å². The van der Waals surface area contributed by atoms with Gasteiger partial charge in [0.1, 0.15) is 0 Å². The molecule has 22 heavy (non-hydrogen) atoms. The van der Waals surface area contributed by atoms with Crippen LogP contribution in [-0.2, 0) is 0 Å². The van der Waals surface area contributed by atoms with Gasteiger partial charge in [-0.1, -0.05) is 17.7 Å². The molecule has 0 N–H and O–H groups in total. The second kappa shape index (κ2) is 7.01. The van der Waals surface area contributed by atoms with Crippen LogP contribution in [0.2, 0.25) is 0 Å². The summed E-state index contributed by atoms with van der Waals surface area (Å²) in [6.07, 6.45) is 5.51. The van der Waals surface area contributed by atoms with Crippen LogP contribution in [0.1, 0.15) is 31.2 Å². The summed E-state index contributed by atoms with van der Waals surface area (Å²) in [5, 5.41) is 0. The van der Waals surface area contributed by atoms with Gasteiger partial charge in [0, 0.05) is 44.0 Å². The van der Waals surface area contributed by atoms with Crippen molar-refractivity contribution in [3.63, 3.8) is 0 Å². The van der Waals surface area contributed by atoms with Crippen molar-refractivity contribution in [2.24, 2.45) is 0 Å². The van der Waals surface area contributed by atoms with Crippen LogP contribution in [0.5, 0.6) is 0 Å². The predicted octanol–water partition coefficient (Wildman–Crippen LogP) is 2.99. The van der Waals surface area contributed by atoms with Crippen LogP contribution in [0.4, 0.5) is 5.69 Å². The fraction of sp³-hybridized carbons (Fsp3) is 0.684. The summed E-state index contributed by atoms with van der Waals surface area (Å²) < 4.78 is 0. The minimum Gasteiger partial charge on any atom is -0.369 e. The van der Waals surface area contributed by atoms with E-state index in [2.05, 4.69) is 60.0 Å². The van der Waals surface area contributed by atoms with Crippen LogP contribution < -0.4 is 4.90 Å². The summed E-state index contributed by atoms with van der Waals surface area (Å²) in [6.45, 7) is 6.97. The van der Waals surface area contributed by atoms with E-state index in [1.807, 2.05) is 0 Å². The third-order valence-electron chi connectivity index (χ3n) is 5.63. The Balaban J connectivity index is 1.49. The van der Waals surface area contributed by atoms with Gasteiger partial charge in [0.05, 0.1) is 0 Å². The lowest BCUT2D eigenvalue weighted by molar-refractivity contribution is 0.112. The van der Waals surface area contributed by atoms with E-state index < -0.39 is 0 Å². The summed E-state index contributed by atoms with van der Waals surface area (Å²) in [5.41, 5.74) is 2.74. The average molecular weight is 301 g/mol. The van der Waals surface area contributed by atoms with Gasteiger partial charge >= 0.3 is 0 Å². The summed E-state index contributed by atoms with van der Waals surface area (Å²) in [5.74, 6) is 0. The van der Waals surface area contributed by atoms with E-state index in [4.69, 9.17) is 0 Å².